The van der Waals surface area contributed by atoms with E-state index in [2.05, 4.69) is 10.6 Å². The van der Waals surface area contributed by atoms with Gasteiger partial charge in [-0.1, -0.05) is 6.42 Å². The minimum absolute atomic E-state index is 0.0646. The highest BCUT2D eigenvalue weighted by Crippen LogP contribution is 2.27. The van der Waals surface area contributed by atoms with E-state index >= 15 is 0 Å². The molecule has 3 rings (SSSR count). The lowest BCUT2D eigenvalue weighted by Gasteiger charge is -2.39. The minimum Gasteiger partial charge on any atom is -0.461 e. The third-order valence-corrected chi connectivity index (χ3v) is 5.39. The highest BCUT2D eigenvalue weighted by atomic mass is 16.5. The van der Waals surface area contributed by atoms with Gasteiger partial charge in [0.05, 0.1) is 0 Å². The molecule has 3 fully saturated rings. The number of carbonyl (C=O) groups excluding carboxylic acids is 3. The number of hydrogen-bond acceptors (Lipinski definition) is 5. The summed E-state index contributed by atoms with van der Waals surface area (Å²) in [7, 11) is 0. The first-order chi connectivity index (χ1) is 11.0. The van der Waals surface area contributed by atoms with Crippen LogP contribution >= 0.6 is 0 Å². The number of likely N-dealkylation sites (tertiary alicyclic amines) is 1. The topological polar surface area (TPSA) is 87.7 Å². The van der Waals surface area contributed by atoms with Gasteiger partial charge < -0.3 is 10.1 Å². The van der Waals surface area contributed by atoms with E-state index in [9.17, 15) is 14.4 Å². The van der Waals surface area contributed by atoms with E-state index in [1.54, 1.807) is 0 Å². The van der Waals surface area contributed by atoms with Crippen molar-refractivity contribution in [2.75, 3.05) is 13.1 Å². The van der Waals surface area contributed by atoms with Gasteiger partial charge in [-0.3, -0.25) is 19.8 Å². The summed E-state index contributed by atoms with van der Waals surface area (Å²) < 4.78 is 5.63. The molecule has 2 heterocycles. The molecule has 0 aromatic carbocycles. The molecular formula is C16H25N3O4. The van der Waals surface area contributed by atoms with Crippen LogP contribution in [0.4, 0.5) is 4.79 Å². The summed E-state index contributed by atoms with van der Waals surface area (Å²) in [5.74, 6) is -0.424. The third kappa shape index (κ3) is 3.34. The first kappa shape index (κ1) is 16.2. The molecular weight excluding hydrogens is 298 g/mol. The number of hydrogen-bond donors (Lipinski definition) is 2. The highest BCUT2D eigenvalue weighted by Gasteiger charge is 2.48. The van der Waals surface area contributed by atoms with Gasteiger partial charge in [0, 0.05) is 13.1 Å². The average Bonchev–Trinajstić information content (AvgIpc) is 2.82. The number of piperidine rings is 1. The molecule has 3 aliphatic rings. The normalized spacial score (nSPS) is 26.7. The smallest absolute Gasteiger partial charge is 0.323 e. The zero-order valence-corrected chi connectivity index (χ0v) is 13.6. The van der Waals surface area contributed by atoms with E-state index in [1.165, 1.54) is 6.42 Å². The van der Waals surface area contributed by atoms with Crippen LogP contribution in [0.25, 0.3) is 0 Å². The van der Waals surface area contributed by atoms with Crippen molar-refractivity contribution in [1.29, 1.82) is 0 Å². The maximum Gasteiger partial charge on any atom is 0.323 e. The number of rotatable bonds is 3. The van der Waals surface area contributed by atoms with E-state index in [0.717, 1.165) is 25.7 Å². The molecule has 7 heteroatoms. The van der Waals surface area contributed by atoms with Gasteiger partial charge >= 0.3 is 12.0 Å². The fourth-order valence-corrected chi connectivity index (χ4v) is 3.77. The van der Waals surface area contributed by atoms with Crippen molar-refractivity contribution < 1.29 is 19.1 Å². The Hall–Kier alpha value is -1.63. The molecule has 0 bridgehead atoms. The maximum absolute atomic E-state index is 12.3. The molecule has 0 radical (unpaired) electrons. The number of ether oxygens (including phenoxy) is 1. The van der Waals surface area contributed by atoms with E-state index < -0.39 is 11.6 Å². The molecule has 2 N–H and O–H groups in total. The summed E-state index contributed by atoms with van der Waals surface area (Å²) in [6, 6.07) is -0.734. The van der Waals surface area contributed by atoms with Crippen LogP contribution in [0.5, 0.6) is 0 Å². The molecule has 1 unspecified atom stereocenters. The van der Waals surface area contributed by atoms with Crippen LogP contribution < -0.4 is 10.6 Å². The van der Waals surface area contributed by atoms with Gasteiger partial charge in [-0.15, -0.1) is 0 Å². The predicted molar refractivity (Wildman–Crippen MR) is 82.6 cm³/mol. The van der Waals surface area contributed by atoms with Crippen molar-refractivity contribution in [3.8, 4) is 0 Å². The van der Waals surface area contributed by atoms with Crippen molar-refractivity contribution in [1.82, 2.24) is 15.5 Å². The van der Waals surface area contributed by atoms with E-state index in [0.29, 0.717) is 25.9 Å². The number of nitrogens with one attached hydrogen (secondary N) is 2. The Morgan fingerprint density at radius 3 is 2.43 bits per heavy atom. The van der Waals surface area contributed by atoms with Crippen molar-refractivity contribution in [3.63, 3.8) is 0 Å². The van der Waals surface area contributed by atoms with Crippen LogP contribution in [0.3, 0.4) is 0 Å². The monoisotopic (exact) mass is 323 g/mol. The van der Waals surface area contributed by atoms with Crippen molar-refractivity contribution >= 4 is 17.9 Å². The summed E-state index contributed by atoms with van der Waals surface area (Å²) in [4.78, 5) is 37.6. The Bertz CT molecular complexity index is 494. The first-order valence-corrected chi connectivity index (χ1v) is 8.58. The fourth-order valence-electron chi connectivity index (χ4n) is 3.77. The van der Waals surface area contributed by atoms with E-state index in [1.807, 2.05) is 11.8 Å². The molecule has 1 aliphatic carbocycles. The SMILES string of the molecule is CC(C(=O)OC1CCCCC1)N1CCC2(CC1)NC(=O)NC2=O. The Morgan fingerprint density at radius 2 is 1.87 bits per heavy atom. The number of amides is 3. The summed E-state index contributed by atoms with van der Waals surface area (Å²) >= 11 is 0. The maximum atomic E-state index is 12.3. The van der Waals surface area contributed by atoms with Gasteiger partial charge in [-0.2, -0.15) is 0 Å². The van der Waals surface area contributed by atoms with Gasteiger partial charge in [-0.25, -0.2) is 4.79 Å². The minimum atomic E-state index is -0.791. The molecule has 3 amide bonds. The highest BCUT2D eigenvalue weighted by molar-refractivity contribution is 6.07. The predicted octanol–water partition coefficient (Wildman–Crippen LogP) is 0.925. The molecule has 2 saturated heterocycles. The van der Waals surface area contributed by atoms with Crippen LogP contribution in [0, 0.1) is 0 Å². The number of esters is 1. The summed E-state index contributed by atoms with van der Waals surface area (Å²) in [6.45, 7) is 3.04. The average molecular weight is 323 g/mol. The second kappa shape index (κ2) is 6.47. The lowest BCUT2D eigenvalue weighted by molar-refractivity contribution is -0.157. The van der Waals surface area contributed by atoms with Crippen LogP contribution in [0.1, 0.15) is 51.9 Å². The van der Waals surface area contributed by atoms with Gasteiger partial charge in [0.2, 0.25) is 0 Å². The molecule has 1 atom stereocenters. The van der Waals surface area contributed by atoms with Crippen molar-refractivity contribution in [3.05, 3.63) is 0 Å². The summed E-state index contributed by atoms with van der Waals surface area (Å²) in [5.41, 5.74) is -0.791. The van der Waals surface area contributed by atoms with Gasteiger partial charge in [0.25, 0.3) is 5.91 Å². The number of urea groups is 1. The fraction of sp³-hybridized carbons (Fsp3) is 0.812. The lowest BCUT2D eigenvalue weighted by Crippen LogP contribution is -2.57. The zero-order valence-electron chi connectivity index (χ0n) is 13.6. The van der Waals surface area contributed by atoms with Crippen LogP contribution in [-0.4, -0.2) is 53.6 Å². The van der Waals surface area contributed by atoms with Crippen LogP contribution in [0.15, 0.2) is 0 Å². The largest absolute Gasteiger partial charge is 0.461 e. The zero-order chi connectivity index (χ0) is 16.4. The molecule has 1 saturated carbocycles. The van der Waals surface area contributed by atoms with Crippen molar-refractivity contribution in [2.45, 2.75) is 69.6 Å². The molecule has 0 aromatic rings. The Balaban J connectivity index is 1.51. The molecule has 7 nitrogen and oxygen atoms in total. The Labute approximate surface area is 136 Å². The van der Waals surface area contributed by atoms with Crippen LogP contribution in [-0.2, 0) is 14.3 Å². The lowest BCUT2D eigenvalue weighted by atomic mass is 9.87. The number of imide groups is 1. The molecule has 2 aliphatic heterocycles. The standard InChI is InChI=1S/C16H25N3O4/c1-11(13(20)23-12-5-3-2-4-6-12)19-9-7-16(8-10-19)14(21)17-15(22)18-16/h11-12H,2-10H2,1H3,(H2,17,18,21,22). The molecule has 23 heavy (non-hydrogen) atoms. The van der Waals surface area contributed by atoms with Crippen molar-refractivity contribution in [2.24, 2.45) is 0 Å². The van der Waals surface area contributed by atoms with Gasteiger partial charge in [0.15, 0.2) is 0 Å². The molecule has 1 spiro atoms. The van der Waals surface area contributed by atoms with Gasteiger partial charge in [0.1, 0.15) is 17.7 Å². The molecule has 128 valence electrons. The summed E-state index contributed by atoms with van der Waals surface area (Å²) in [6.07, 6.45) is 6.53. The summed E-state index contributed by atoms with van der Waals surface area (Å²) in [5, 5.41) is 5.03. The molecule has 0 aromatic heterocycles. The quantitative estimate of drug-likeness (QED) is 0.596. The third-order valence-electron chi connectivity index (χ3n) is 5.39. The number of nitrogens with zero attached hydrogens (tertiary/aromatic N) is 1. The second-order valence-corrected chi connectivity index (χ2v) is 6.90. The Kier molecular flexibility index (Phi) is 4.57. The van der Waals surface area contributed by atoms with Gasteiger partial charge in [-0.05, 0) is 45.4 Å². The number of carbonyl (C=O) groups is 3. The first-order valence-electron chi connectivity index (χ1n) is 8.58. The van der Waals surface area contributed by atoms with E-state index in [-0.39, 0.29) is 24.0 Å². The Morgan fingerprint density at radius 1 is 1.22 bits per heavy atom. The van der Waals surface area contributed by atoms with Crippen LogP contribution in [0.2, 0.25) is 0 Å². The van der Waals surface area contributed by atoms with E-state index in [4.69, 9.17) is 4.74 Å². The second-order valence-electron chi connectivity index (χ2n) is 6.90.